The monoisotopic (exact) mass is 214 g/mol. The predicted octanol–water partition coefficient (Wildman–Crippen LogP) is 0.815. The number of carbonyl (C=O) groups is 2. The lowest BCUT2D eigenvalue weighted by Crippen LogP contribution is -2.30. The molecule has 0 rings (SSSR count). The van der Waals surface area contributed by atoms with Gasteiger partial charge < -0.3 is 15.4 Å². The van der Waals surface area contributed by atoms with Gasteiger partial charge in [0, 0.05) is 6.54 Å². The molecule has 0 saturated carbocycles. The van der Waals surface area contributed by atoms with Crippen molar-refractivity contribution in [3.63, 3.8) is 0 Å². The normalized spacial score (nSPS) is 9.13. The van der Waals surface area contributed by atoms with Crippen LogP contribution in [0.1, 0.15) is 19.8 Å². The first kappa shape index (κ1) is 13.5. The standard InChI is InChI=1S/C10H18N2O3/c1-3-5-6-12-10(14)15-8-7-11-9(13)4-2/h4H,2-3,5-8H2,1H3,(H,11,13)(H,12,14). The van der Waals surface area contributed by atoms with Crippen LogP contribution in [0.15, 0.2) is 12.7 Å². The quantitative estimate of drug-likeness (QED) is 0.487. The molecule has 0 unspecified atom stereocenters. The smallest absolute Gasteiger partial charge is 0.407 e. The fourth-order valence-corrected chi connectivity index (χ4v) is 0.808. The third kappa shape index (κ3) is 8.80. The molecule has 0 aliphatic carbocycles. The van der Waals surface area contributed by atoms with E-state index in [1.807, 2.05) is 6.92 Å². The molecular formula is C10H18N2O3. The second-order valence-corrected chi connectivity index (χ2v) is 2.91. The molecule has 0 heterocycles. The van der Waals surface area contributed by atoms with Crippen molar-refractivity contribution in [3.8, 4) is 0 Å². The van der Waals surface area contributed by atoms with Gasteiger partial charge in [-0.15, -0.1) is 0 Å². The van der Waals surface area contributed by atoms with Crippen LogP contribution in [-0.2, 0) is 9.53 Å². The molecule has 0 saturated heterocycles. The van der Waals surface area contributed by atoms with Crippen LogP contribution in [0.3, 0.4) is 0 Å². The summed E-state index contributed by atoms with van der Waals surface area (Å²) in [6.45, 7) is 6.41. The summed E-state index contributed by atoms with van der Waals surface area (Å²) in [6.07, 6.45) is 2.68. The lowest BCUT2D eigenvalue weighted by Gasteiger charge is -2.06. The number of ether oxygens (including phenoxy) is 1. The van der Waals surface area contributed by atoms with Crippen molar-refractivity contribution < 1.29 is 14.3 Å². The van der Waals surface area contributed by atoms with Gasteiger partial charge in [0.15, 0.2) is 0 Å². The van der Waals surface area contributed by atoms with Crippen LogP contribution in [0.25, 0.3) is 0 Å². The molecule has 5 nitrogen and oxygen atoms in total. The molecule has 0 aliphatic rings. The largest absolute Gasteiger partial charge is 0.448 e. The highest BCUT2D eigenvalue weighted by atomic mass is 16.5. The van der Waals surface area contributed by atoms with Crippen molar-refractivity contribution in [3.05, 3.63) is 12.7 Å². The number of nitrogens with one attached hydrogen (secondary N) is 2. The van der Waals surface area contributed by atoms with Gasteiger partial charge >= 0.3 is 6.09 Å². The zero-order valence-corrected chi connectivity index (χ0v) is 9.04. The fourth-order valence-electron chi connectivity index (χ4n) is 0.808. The average molecular weight is 214 g/mol. The van der Waals surface area contributed by atoms with Crippen LogP contribution in [0.2, 0.25) is 0 Å². The first-order chi connectivity index (χ1) is 7.20. The fraction of sp³-hybridized carbons (Fsp3) is 0.600. The number of rotatable bonds is 7. The Kier molecular flexibility index (Phi) is 8.13. The number of carbonyl (C=O) groups excluding carboxylic acids is 2. The maximum atomic E-state index is 11.0. The highest BCUT2D eigenvalue weighted by Gasteiger charge is 2.00. The number of hydrogen-bond acceptors (Lipinski definition) is 3. The highest BCUT2D eigenvalue weighted by molar-refractivity contribution is 5.86. The molecule has 0 spiro atoms. The zero-order valence-electron chi connectivity index (χ0n) is 9.04. The second kappa shape index (κ2) is 9.05. The number of alkyl carbamates (subject to hydrolysis) is 1. The van der Waals surface area contributed by atoms with Crippen molar-refractivity contribution in [1.82, 2.24) is 10.6 Å². The molecule has 0 bridgehead atoms. The summed E-state index contributed by atoms with van der Waals surface area (Å²) >= 11 is 0. The number of amides is 2. The van der Waals surface area contributed by atoms with E-state index in [1.54, 1.807) is 0 Å². The molecule has 5 heteroatoms. The van der Waals surface area contributed by atoms with Gasteiger partial charge in [0.05, 0.1) is 6.54 Å². The molecule has 0 aromatic carbocycles. The molecule has 15 heavy (non-hydrogen) atoms. The molecule has 0 aromatic heterocycles. The van der Waals surface area contributed by atoms with E-state index in [9.17, 15) is 9.59 Å². The van der Waals surface area contributed by atoms with Crippen LogP contribution in [0.4, 0.5) is 4.79 Å². The van der Waals surface area contributed by atoms with Crippen molar-refractivity contribution >= 4 is 12.0 Å². The Morgan fingerprint density at radius 1 is 1.33 bits per heavy atom. The summed E-state index contributed by atoms with van der Waals surface area (Å²) in [5.74, 6) is -0.273. The maximum Gasteiger partial charge on any atom is 0.407 e. The van der Waals surface area contributed by atoms with Gasteiger partial charge in [-0.3, -0.25) is 4.79 Å². The van der Waals surface area contributed by atoms with Gasteiger partial charge in [-0.25, -0.2) is 4.79 Å². The van der Waals surface area contributed by atoms with Gasteiger partial charge in [-0.2, -0.15) is 0 Å². The van der Waals surface area contributed by atoms with Gasteiger partial charge in [0.2, 0.25) is 5.91 Å². The Hall–Kier alpha value is -1.52. The minimum Gasteiger partial charge on any atom is -0.448 e. The topological polar surface area (TPSA) is 67.4 Å². The van der Waals surface area contributed by atoms with E-state index in [0.717, 1.165) is 12.8 Å². The van der Waals surface area contributed by atoms with E-state index in [4.69, 9.17) is 4.74 Å². The van der Waals surface area contributed by atoms with Gasteiger partial charge in [0.1, 0.15) is 6.61 Å². The summed E-state index contributed by atoms with van der Waals surface area (Å²) in [5, 5.41) is 5.08. The molecule has 2 amide bonds. The summed E-state index contributed by atoms with van der Waals surface area (Å²) in [5.41, 5.74) is 0. The summed E-state index contributed by atoms with van der Waals surface area (Å²) in [4.78, 5) is 21.6. The maximum absolute atomic E-state index is 11.0. The highest BCUT2D eigenvalue weighted by Crippen LogP contribution is 1.84. The minimum absolute atomic E-state index is 0.164. The van der Waals surface area contributed by atoms with Gasteiger partial charge in [-0.05, 0) is 12.5 Å². The summed E-state index contributed by atoms with van der Waals surface area (Å²) in [6, 6.07) is 0. The van der Waals surface area contributed by atoms with Gasteiger partial charge in [0.25, 0.3) is 0 Å². The van der Waals surface area contributed by atoms with Crippen molar-refractivity contribution in [2.45, 2.75) is 19.8 Å². The van der Waals surface area contributed by atoms with Crippen molar-refractivity contribution in [2.24, 2.45) is 0 Å². The third-order valence-electron chi connectivity index (χ3n) is 1.62. The number of unbranched alkanes of at least 4 members (excludes halogenated alkanes) is 1. The lowest BCUT2D eigenvalue weighted by atomic mass is 10.3. The Bertz CT molecular complexity index is 217. The molecule has 0 aliphatic heterocycles. The first-order valence-corrected chi connectivity index (χ1v) is 5.01. The Labute approximate surface area is 89.9 Å². The van der Waals surface area contributed by atoms with Crippen LogP contribution >= 0.6 is 0 Å². The van der Waals surface area contributed by atoms with Crippen molar-refractivity contribution in [1.29, 1.82) is 0 Å². The molecule has 2 N–H and O–H groups in total. The SMILES string of the molecule is C=CC(=O)NCCOC(=O)NCCCC. The first-order valence-electron chi connectivity index (χ1n) is 5.01. The van der Waals surface area contributed by atoms with E-state index >= 15 is 0 Å². The molecule has 0 atom stereocenters. The number of hydrogen-bond donors (Lipinski definition) is 2. The average Bonchev–Trinajstić information content (AvgIpc) is 2.24. The van der Waals surface area contributed by atoms with E-state index in [2.05, 4.69) is 17.2 Å². The summed E-state index contributed by atoms with van der Waals surface area (Å²) < 4.78 is 4.78. The molecule has 0 radical (unpaired) electrons. The van der Waals surface area contributed by atoms with Gasteiger partial charge in [-0.1, -0.05) is 19.9 Å². The Balaban J connectivity index is 3.31. The third-order valence-corrected chi connectivity index (χ3v) is 1.62. The second-order valence-electron chi connectivity index (χ2n) is 2.91. The van der Waals surface area contributed by atoms with Crippen LogP contribution in [0.5, 0.6) is 0 Å². The van der Waals surface area contributed by atoms with Crippen LogP contribution in [-0.4, -0.2) is 31.7 Å². The molecular weight excluding hydrogens is 196 g/mol. The van der Waals surface area contributed by atoms with Crippen LogP contribution < -0.4 is 10.6 Å². The molecule has 0 fully saturated rings. The zero-order chi connectivity index (χ0) is 11.5. The Morgan fingerprint density at radius 2 is 2.07 bits per heavy atom. The van der Waals surface area contributed by atoms with E-state index in [-0.39, 0.29) is 12.5 Å². The van der Waals surface area contributed by atoms with E-state index in [0.29, 0.717) is 13.1 Å². The predicted molar refractivity (Wildman–Crippen MR) is 57.5 cm³/mol. The molecule has 0 aromatic rings. The van der Waals surface area contributed by atoms with Crippen LogP contribution in [0, 0.1) is 0 Å². The van der Waals surface area contributed by atoms with E-state index < -0.39 is 6.09 Å². The van der Waals surface area contributed by atoms with Crippen molar-refractivity contribution in [2.75, 3.05) is 19.7 Å². The lowest BCUT2D eigenvalue weighted by molar-refractivity contribution is -0.116. The minimum atomic E-state index is -0.448. The van der Waals surface area contributed by atoms with E-state index in [1.165, 1.54) is 6.08 Å². The Morgan fingerprint density at radius 3 is 2.67 bits per heavy atom. The summed E-state index contributed by atoms with van der Waals surface area (Å²) in [7, 11) is 0. The molecule has 86 valence electrons.